The highest BCUT2D eigenvalue weighted by Crippen LogP contribution is 2.29. The Balaban J connectivity index is 1.57. The van der Waals surface area contributed by atoms with Crippen molar-refractivity contribution in [3.05, 3.63) is 98.5 Å². The first-order valence-electron chi connectivity index (χ1n) is 10.7. The zero-order valence-electron chi connectivity index (χ0n) is 19.0. The lowest BCUT2D eigenvalue weighted by Gasteiger charge is -2.27. The second-order valence-corrected chi connectivity index (χ2v) is 9.07. The molecule has 3 aromatic rings. The normalized spacial score (nSPS) is 15.0. The van der Waals surface area contributed by atoms with E-state index in [0.717, 1.165) is 21.6 Å². The number of nitrogens with one attached hydrogen (secondary N) is 1. The SMILES string of the molecule is Cc1ccc(COc2ccc(/C=C3\C(=O)NC(=O)N(c4ccc(C)cc4C)C3=O)cc2Br)cc1. The molecular formula is C27H23BrN2O4. The fourth-order valence-corrected chi connectivity index (χ4v) is 4.18. The molecule has 4 rings (SSSR count). The highest BCUT2D eigenvalue weighted by atomic mass is 79.9. The van der Waals surface area contributed by atoms with Gasteiger partial charge in [-0.25, -0.2) is 9.69 Å². The van der Waals surface area contributed by atoms with Gasteiger partial charge >= 0.3 is 6.03 Å². The maximum Gasteiger partial charge on any atom is 0.335 e. The van der Waals surface area contributed by atoms with Crippen LogP contribution in [-0.2, 0) is 16.2 Å². The van der Waals surface area contributed by atoms with Crippen molar-refractivity contribution in [2.24, 2.45) is 0 Å². The molecule has 3 aromatic carbocycles. The fraction of sp³-hybridized carbons (Fsp3) is 0.148. The third-order valence-corrected chi connectivity index (χ3v) is 6.10. The summed E-state index contributed by atoms with van der Waals surface area (Å²) in [4.78, 5) is 39.1. The van der Waals surface area contributed by atoms with Gasteiger partial charge in [0.15, 0.2) is 0 Å². The number of rotatable bonds is 5. The minimum atomic E-state index is -0.764. The first-order chi connectivity index (χ1) is 16.2. The van der Waals surface area contributed by atoms with Gasteiger partial charge in [0, 0.05) is 0 Å². The van der Waals surface area contributed by atoms with E-state index in [1.165, 1.54) is 11.6 Å². The fourth-order valence-electron chi connectivity index (χ4n) is 3.67. The number of urea groups is 1. The Morgan fingerprint density at radius 2 is 1.62 bits per heavy atom. The number of benzene rings is 3. The molecule has 0 unspecified atom stereocenters. The van der Waals surface area contributed by atoms with Crippen molar-refractivity contribution in [1.82, 2.24) is 5.32 Å². The molecule has 0 radical (unpaired) electrons. The number of ether oxygens (including phenoxy) is 1. The molecule has 172 valence electrons. The van der Waals surface area contributed by atoms with Crippen LogP contribution in [0.25, 0.3) is 6.08 Å². The summed E-state index contributed by atoms with van der Waals surface area (Å²) in [6.45, 7) is 6.18. The average Bonchev–Trinajstić information content (AvgIpc) is 2.78. The minimum absolute atomic E-state index is 0.125. The van der Waals surface area contributed by atoms with E-state index in [2.05, 4.69) is 21.2 Å². The van der Waals surface area contributed by atoms with Gasteiger partial charge in [-0.3, -0.25) is 14.9 Å². The number of nitrogens with zero attached hydrogens (tertiary/aromatic N) is 1. The topological polar surface area (TPSA) is 75.7 Å². The van der Waals surface area contributed by atoms with E-state index < -0.39 is 17.8 Å². The lowest BCUT2D eigenvalue weighted by Crippen LogP contribution is -2.54. The summed E-state index contributed by atoms with van der Waals surface area (Å²) in [5.41, 5.74) is 4.92. The molecule has 0 spiro atoms. The summed E-state index contributed by atoms with van der Waals surface area (Å²) in [5.74, 6) is -0.766. The maximum absolute atomic E-state index is 13.2. The van der Waals surface area contributed by atoms with Gasteiger partial charge in [0.25, 0.3) is 11.8 Å². The third kappa shape index (κ3) is 4.94. The Labute approximate surface area is 206 Å². The van der Waals surface area contributed by atoms with Crippen LogP contribution in [0.2, 0.25) is 0 Å². The smallest absolute Gasteiger partial charge is 0.335 e. The zero-order chi connectivity index (χ0) is 24.4. The van der Waals surface area contributed by atoms with Crippen LogP contribution in [0.1, 0.15) is 27.8 Å². The maximum atomic E-state index is 13.2. The number of anilines is 1. The predicted octanol–water partition coefficient (Wildman–Crippen LogP) is 5.62. The molecule has 4 amide bonds. The van der Waals surface area contributed by atoms with Crippen molar-refractivity contribution in [3.63, 3.8) is 0 Å². The number of hydrogen-bond acceptors (Lipinski definition) is 4. The quantitative estimate of drug-likeness (QED) is 0.351. The second-order valence-electron chi connectivity index (χ2n) is 8.21. The number of halogens is 1. The summed E-state index contributed by atoms with van der Waals surface area (Å²) in [6.07, 6.45) is 1.47. The van der Waals surface area contributed by atoms with Crippen LogP contribution in [0, 0.1) is 20.8 Å². The second kappa shape index (κ2) is 9.65. The number of imide groups is 2. The van der Waals surface area contributed by atoms with Crippen molar-refractivity contribution in [1.29, 1.82) is 0 Å². The van der Waals surface area contributed by atoms with Crippen molar-refractivity contribution < 1.29 is 19.1 Å². The molecule has 1 fully saturated rings. The van der Waals surface area contributed by atoms with Gasteiger partial charge < -0.3 is 4.74 Å². The zero-order valence-corrected chi connectivity index (χ0v) is 20.6. The van der Waals surface area contributed by atoms with Gasteiger partial charge in [0.2, 0.25) is 0 Å². The number of carbonyl (C=O) groups excluding carboxylic acids is 3. The van der Waals surface area contributed by atoms with Crippen molar-refractivity contribution in [2.45, 2.75) is 27.4 Å². The highest BCUT2D eigenvalue weighted by molar-refractivity contribution is 9.10. The molecule has 1 aliphatic rings. The predicted molar refractivity (Wildman–Crippen MR) is 135 cm³/mol. The molecule has 0 saturated carbocycles. The lowest BCUT2D eigenvalue weighted by molar-refractivity contribution is -0.122. The van der Waals surface area contributed by atoms with Crippen molar-refractivity contribution in [3.8, 4) is 5.75 Å². The Kier molecular flexibility index (Phi) is 6.65. The molecule has 0 bridgehead atoms. The van der Waals surface area contributed by atoms with Crippen LogP contribution in [0.3, 0.4) is 0 Å². The minimum Gasteiger partial charge on any atom is -0.488 e. The Morgan fingerprint density at radius 1 is 0.912 bits per heavy atom. The van der Waals surface area contributed by atoms with Gasteiger partial charge in [0.05, 0.1) is 10.2 Å². The van der Waals surface area contributed by atoms with E-state index in [-0.39, 0.29) is 5.57 Å². The van der Waals surface area contributed by atoms with Crippen LogP contribution < -0.4 is 15.0 Å². The van der Waals surface area contributed by atoms with Crippen molar-refractivity contribution >= 4 is 45.5 Å². The van der Waals surface area contributed by atoms with Crippen LogP contribution >= 0.6 is 15.9 Å². The van der Waals surface area contributed by atoms with Crippen LogP contribution in [0.5, 0.6) is 5.75 Å². The van der Waals surface area contributed by atoms with Gasteiger partial charge in [0.1, 0.15) is 17.9 Å². The van der Waals surface area contributed by atoms with Crippen LogP contribution in [0.4, 0.5) is 10.5 Å². The number of hydrogen-bond donors (Lipinski definition) is 1. The number of barbiturate groups is 1. The summed E-state index contributed by atoms with van der Waals surface area (Å²) in [7, 11) is 0. The molecule has 0 aromatic heterocycles. The standard InChI is InChI=1S/C27H23BrN2O4/c1-16-4-7-19(8-5-16)15-34-24-11-9-20(14-22(24)28)13-21-25(31)29-27(33)30(26(21)32)23-10-6-17(2)12-18(23)3/h4-14H,15H2,1-3H3,(H,29,31,33)/b21-13+. The van der Waals surface area contributed by atoms with E-state index in [1.54, 1.807) is 24.3 Å². The molecular weight excluding hydrogens is 496 g/mol. The number of amides is 4. The van der Waals surface area contributed by atoms with Crippen LogP contribution in [0.15, 0.2) is 70.7 Å². The van der Waals surface area contributed by atoms with E-state index in [9.17, 15) is 14.4 Å². The molecule has 0 aliphatic carbocycles. The van der Waals surface area contributed by atoms with Gasteiger partial charge in [-0.2, -0.15) is 0 Å². The molecule has 1 heterocycles. The highest BCUT2D eigenvalue weighted by Gasteiger charge is 2.37. The summed E-state index contributed by atoms with van der Waals surface area (Å²) in [6, 6.07) is 18.0. The Bertz CT molecular complexity index is 1330. The lowest BCUT2D eigenvalue weighted by atomic mass is 10.0. The molecule has 34 heavy (non-hydrogen) atoms. The number of aryl methyl sites for hydroxylation is 3. The Morgan fingerprint density at radius 3 is 2.29 bits per heavy atom. The van der Waals surface area contributed by atoms with Gasteiger partial charge in [-0.1, -0.05) is 53.6 Å². The van der Waals surface area contributed by atoms with Gasteiger partial charge in [-0.15, -0.1) is 0 Å². The first kappa shape index (κ1) is 23.4. The molecule has 0 atom stereocenters. The molecule has 1 aliphatic heterocycles. The van der Waals surface area contributed by atoms with E-state index in [1.807, 2.05) is 57.2 Å². The van der Waals surface area contributed by atoms with Gasteiger partial charge in [-0.05, 0) is 77.7 Å². The average molecular weight is 519 g/mol. The molecule has 6 nitrogen and oxygen atoms in total. The monoisotopic (exact) mass is 518 g/mol. The van der Waals surface area contributed by atoms with Crippen LogP contribution in [-0.4, -0.2) is 17.8 Å². The molecule has 1 N–H and O–H groups in total. The summed E-state index contributed by atoms with van der Waals surface area (Å²) >= 11 is 3.50. The summed E-state index contributed by atoms with van der Waals surface area (Å²) in [5, 5.41) is 2.26. The molecule has 7 heteroatoms. The van der Waals surface area contributed by atoms with E-state index in [4.69, 9.17) is 4.74 Å². The van der Waals surface area contributed by atoms with E-state index in [0.29, 0.717) is 28.1 Å². The first-order valence-corrected chi connectivity index (χ1v) is 11.5. The molecule has 1 saturated heterocycles. The number of carbonyl (C=O) groups is 3. The summed E-state index contributed by atoms with van der Waals surface area (Å²) < 4.78 is 6.58. The van der Waals surface area contributed by atoms with Crippen molar-refractivity contribution in [2.75, 3.05) is 4.90 Å². The Hall–Kier alpha value is -3.71. The third-order valence-electron chi connectivity index (χ3n) is 5.48. The largest absolute Gasteiger partial charge is 0.488 e. The van der Waals surface area contributed by atoms with E-state index >= 15 is 0 Å².